The van der Waals surface area contributed by atoms with E-state index in [2.05, 4.69) is 15.3 Å². The number of methoxy groups -OCH3 is 1. The van der Waals surface area contributed by atoms with Crippen LogP contribution in [0.25, 0.3) is 22.2 Å². The maximum absolute atomic E-state index is 12.6. The fourth-order valence-electron chi connectivity index (χ4n) is 3.63. The van der Waals surface area contributed by atoms with E-state index in [9.17, 15) is 9.59 Å². The Balaban J connectivity index is 1.62. The summed E-state index contributed by atoms with van der Waals surface area (Å²) in [6.07, 6.45) is 0.0818. The number of amides is 1. The molecule has 1 aliphatic heterocycles. The van der Waals surface area contributed by atoms with E-state index in [-0.39, 0.29) is 18.3 Å². The number of cyclic esters (lactones) is 1. The number of nitrogens with zero attached hydrogens (tertiary/aromatic N) is 1. The minimum absolute atomic E-state index is 0.0818. The highest BCUT2D eigenvalue weighted by molar-refractivity contribution is 7.14. The van der Waals surface area contributed by atoms with Crippen LogP contribution in [0, 0.1) is 12.8 Å². The summed E-state index contributed by atoms with van der Waals surface area (Å²) in [7, 11) is 1.63. The Morgan fingerprint density at radius 1 is 1.43 bits per heavy atom. The molecule has 1 aliphatic rings. The van der Waals surface area contributed by atoms with Gasteiger partial charge in [-0.05, 0) is 39.0 Å². The lowest BCUT2D eigenvalue weighted by Crippen LogP contribution is -2.36. The molecule has 2 N–H and O–H groups in total. The zero-order valence-corrected chi connectivity index (χ0v) is 16.9. The van der Waals surface area contributed by atoms with Crippen LogP contribution in [0.1, 0.15) is 26.0 Å². The quantitative estimate of drug-likeness (QED) is 0.649. The molecule has 0 radical (unpaired) electrons. The van der Waals surface area contributed by atoms with Crippen molar-refractivity contribution in [3.8, 4) is 17.0 Å². The molecule has 3 aromatic rings. The van der Waals surface area contributed by atoms with Crippen LogP contribution in [-0.4, -0.2) is 34.6 Å². The molecule has 0 bridgehead atoms. The topological polar surface area (TPSA) is 93.3 Å². The molecular weight excluding hydrogens is 378 g/mol. The first-order valence-electron chi connectivity index (χ1n) is 8.93. The minimum Gasteiger partial charge on any atom is -0.497 e. The number of carbonyl (C=O) groups excluding carboxylic acids is 2. The Morgan fingerprint density at radius 2 is 2.21 bits per heavy atom. The number of fused-ring (bicyclic) bond motifs is 1. The Labute approximate surface area is 166 Å². The van der Waals surface area contributed by atoms with Crippen LogP contribution < -0.4 is 10.1 Å². The van der Waals surface area contributed by atoms with Gasteiger partial charge >= 0.3 is 5.97 Å². The Hall–Kier alpha value is -2.87. The number of hydrogen-bond acceptors (Lipinski definition) is 6. The largest absolute Gasteiger partial charge is 0.497 e. The standard InChI is InChI=1S/C20H21N3O4S/c1-10-17(12-7-11(26-4)5-6-14(12)21-10)15-9-28-19(22-15)23-18(25)13-8-16(24)27-20(13,2)3/h5-7,9,13,21H,8H2,1-4H3,(H,22,23,25)/t13-/m1/s1. The van der Waals surface area contributed by atoms with Gasteiger partial charge in [0.05, 0.1) is 25.1 Å². The monoisotopic (exact) mass is 399 g/mol. The van der Waals surface area contributed by atoms with Gasteiger partial charge in [-0.1, -0.05) is 0 Å². The zero-order chi connectivity index (χ0) is 20.1. The average molecular weight is 399 g/mol. The van der Waals surface area contributed by atoms with E-state index in [4.69, 9.17) is 9.47 Å². The van der Waals surface area contributed by atoms with E-state index in [0.29, 0.717) is 5.13 Å². The molecule has 0 unspecified atom stereocenters. The van der Waals surface area contributed by atoms with Gasteiger partial charge in [0, 0.05) is 27.5 Å². The van der Waals surface area contributed by atoms with Crippen LogP contribution in [0.2, 0.25) is 0 Å². The van der Waals surface area contributed by atoms with Crippen LogP contribution in [0.5, 0.6) is 5.75 Å². The molecule has 8 heteroatoms. The second-order valence-corrected chi connectivity index (χ2v) is 8.26. The third-order valence-electron chi connectivity index (χ3n) is 5.09. The fraction of sp³-hybridized carbons (Fsp3) is 0.350. The number of aromatic amines is 1. The number of hydrogen-bond donors (Lipinski definition) is 2. The lowest BCUT2D eigenvalue weighted by molar-refractivity contribution is -0.147. The minimum atomic E-state index is -0.814. The van der Waals surface area contributed by atoms with Crippen molar-refractivity contribution < 1.29 is 19.1 Å². The molecule has 0 spiro atoms. The first-order chi connectivity index (χ1) is 13.3. The molecule has 7 nitrogen and oxygen atoms in total. The molecular formula is C20H21N3O4S. The maximum atomic E-state index is 12.6. The molecule has 3 heterocycles. The van der Waals surface area contributed by atoms with E-state index < -0.39 is 11.5 Å². The second-order valence-electron chi connectivity index (χ2n) is 7.40. The summed E-state index contributed by atoms with van der Waals surface area (Å²) in [4.78, 5) is 32.2. The average Bonchev–Trinajstić information content (AvgIpc) is 3.28. The molecule has 0 aliphatic carbocycles. The number of rotatable bonds is 4. The second kappa shape index (κ2) is 6.63. The number of thiazole rings is 1. The predicted molar refractivity (Wildman–Crippen MR) is 108 cm³/mol. The van der Waals surface area contributed by atoms with Gasteiger partial charge in [0.2, 0.25) is 5.91 Å². The normalized spacial score (nSPS) is 18.3. The van der Waals surface area contributed by atoms with Crippen LogP contribution in [0.3, 0.4) is 0 Å². The zero-order valence-electron chi connectivity index (χ0n) is 16.1. The van der Waals surface area contributed by atoms with Crippen molar-refractivity contribution in [1.29, 1.82) is 0 Å². The van der Waals surface area contributed by atoms with Crippen molar-refractivity contribution in [3.05, 3.63) is 29.3 Å². The van der Waals surface area contributed by atoms with Crippen LogP contribution in [0.4, 0.5) is 5.13 Å². The first kappa shape index (κ1) is 18.5. The third kappa shape index (κ3) is 3.13. The van der Waals surface area contributed by atoms with Crippen molar-refractivity contribution >= 4 is 39.2 Å². The molecule has 1 fully saturated rings. The molecule has 28 heavy (non-hydrogen) atoms. The number of aryl methyl sites for hydroxylation is 1. The van der Waals surface area contributed by atoms with Gasteiger partial charge < -0.3 is 19.8 Å². The summed E-state index contributed by atoms with van der Waals surface area (Å²) in [6.45, 7) is 5.49. The predicted octanol–water partition coefficient (Wildman–Crippen LogP) is 3.89. The van der Waals surface area contributed by atoms with E-state index in [1.807, 2.05) is 30.5 Å². The number of nitrogens with one attached hydrogen (secondary N) is 2. The van der Waals surface area contributed by atoms with Gasteiger partial charge in [0.15, 0.2) is 5.13 Å². The fourth-order valence-corrected chi connectivity index (χ4v) is 4.33. The van der Waals surface area contributed by atoms with Gasteiger partial charge in [-0.15, -0.1) is 11.3 Å². The maximum Gasteiger partial charge on any atom is 0.307 e. The summed E-state index contributed by atoms with van der Waals surface area (Å²) < 4.78 is 10.6. The van der Waals surface area contributed by atoms with Crippen molar-refractivity contribution in [1.82, 2.24) is 9.97 Å². The van der Waals surface area contributed by atoms with Gasteiger partial charge in [-0.3, -0.25) is 9.59 Å². The smallest absolute Gasteiger partial charge is 0.307 e. The molecule has 4 rings (SSSR count). The SMILES string of the molecule is COc1ccc2[nH]c(C)c(-c3csc(NC(=O)[C@H]4CC(=O)OC4(C)C)n3)c2c1. The number of ether oxygens (including phenoxy) is 2. The van der Waals surface area contributed by atoms with Gasteiger partial charge in [0.1, 0.15) is 11.4 Å². The molecule has 146 valence electrons. The molecule has 0 saturated carbocycles. The third-order valence-corrected chi connectivity index (χ3v) is 5.84. The van der Waals surface area contributed by atoms with Gasteiger partial charge in [-0.2, -0.15) is 0 Å². The van der Waals surface area contributed by atoms with Crippen LogP contribution in [0.15, 0.2) is 23.6 Å². The summed E-state index contributed by atoms with van der Waals surface area (Å²) in [5, 5.41) is 6.25. The lowest BCUT2D eigenvalue weighted by Gasteiger charge is -2.23. The van der Waals surface area contributed by atoms with Crippen molar-refractivity contribution in [2.45, 2.75) is 32.8 Å². The summed E-state index contributed by atoms with van der Waals surface area (Å²) in [5.74, 6) is -0.376. The van der Waals surface area contributed by atoms with Crippen molar-refractivity contribution in [3.63, 3.8) is 0 Å². The number of esters is 1. The number of benzene rings is 1. The highest BCUT2D eigenvalue weighted by Crippen LogP contribution is 2.37. The Morgan fingerprint density at radius 3 is 2.89 bits per heavy atom. The van der Waals surface area contributed by atoms with Crippen molar-refractivity contribution in [2.75, 3.05) is 12.4 Å². The van der Waals surface area contributed by atoms with E-state index in [0.717, 1.165) is 33.6 Å². The van der Waals surface area contributed by atoms with Crippen LogP contribution >= 0.6 is 11.3 Å². The van der Waals surface area contributed by atoms with Crippen LogP contribution in [-0.2, 0) is 14.3 Å². The first-order valence-corrected chi connectivity index (χ1v) is 9.81. The molecule has 1 amide bonds. The molecule has 1 atom stereocenters. The summed E-state index contributed by atoms with van der Waals surface area (Å²) in [6, 6.07) is 5.84. The molecule has 2 aromatic heterocycles. The van der Waals surface area contributed by atoms with E-state index in [1.165, 1.54) is 11.3 Å². The number of anilines is 1. The highest BCUT2D eigenvalue weighted by Gasteiger charge is 2.46. The van der Waals surface area contributed by atoms with Crippen molar-refractivity contribution in [2.24, 2.45) is 5.92 Å². The number of H-pyrrole nitrogens is 1. The Kier molecular flexibility index (Phi) is 4.38. The molecule has 1 aromatic carbocycles. The number of carbonyl (C=O) groups is 2. The van der Waals surface area contributed by atoms with E-state index in [1.54, 1.807) is 21.0 Å². The highest BCUT2D eigenvalue weighted by atomic mass is 32.1. The lowest BCUT2D eigenvalue weighted by atomic mass is 9.90. The van der Waals surface area contributed by atoms with E-state index >= 15 is 0 Å². The van der Waals surface area contributed by atoms with Gasteiger partial charge in [0.25, 0.3) is 0 Å². The van der Waals surface area contributed by atoms with Gasteiger partial charge in [-0.25, -0.2) is 4.98 Å². The summed E-state index contributed by atoms with van der Waals surface area (Å²) >= 11 is 1.35. The number of aromatic nitrogens is 2. The summed E-state index contributed by atoms with van der Waals surface area (Å²) in [5.41, 5.74) is 2.92. The molecule has 1 saturated heterocycles. The Bertz CT molecular complexity index is 1080.